The van der Waals surface area contributed by atoms with E-state index >= 15 is 0 Å². The summed E-state index contributed by atoms with van der Waals surface area (Å²) < 4.78 is 13.2. The van der Waals surface area contributed by atoms with E-state index in [9.17, 15) is 9.18 Å². The number of amides is 1. The first-order valence-electron chi connectivity index (χ1n) is 5.59. The molecule has 3 nitrogen and oxygen atoms in total. The summed E-state index contributed by atoms with van der Waals surface area (Å²) in [4.78, 5) is 12.0. The van der Waals surface area contributed by atoms with E-state index in [4.69, 9.17) is 17.3 Å². The number of carbonyl (C=O) groups is 1. The van der Waals surface area contributed by atoms with Crippen LogP contribution >= 0.6 is 11.6 Å². The lowest BCUT2D eigenvalue weighted by molar-refractivity contribution is 0.102. The van der Waals surface area contributed by atoms with Gasteiger partial charge in [0, 0.05) is 10.6 Å². The number of rotatable bonds is 2. The number of halogens is 2. The fourth-order valence-electron chi connectivity index (χ4n) is 1.71. The van der Waals surface area contributed by atoms with Gasteiger partial charge in [-0.2, -0.15) is 0 Å². The fourth-order valence-corrected chi connectivity index (χ4v) is 1.89. The molecule has 0 aliphatic heterocycles. The van der Waals surface area contributed by atoms with Crippen molar-refractivity contribution < 1.29 is 9.18 Å². The fraction of sp³-hybridized carbons (Fsp3) is 0.0714. The molecule has 0 atom stereocenters. The van der Waals surface area contributed by atoms with Crippen molar-refractivity contribution in [3.05, 3.63) is 58.4 Å². The first-order chi connectivity index (χ1) is 8.95. The SMILES string of the molecule is Cc1cc(F)cc(C(=O)Nc2ccc(Cl)cc2N)c1. The average molecular weight is 279 g/mol. The summed E-state index contributed by atoms with van der Waals surface area (Å²) >= 11 is 5.77. The van der Waals surface area contributed by atoms with Crippen molar-refractivity contribution in [2.24, 2.45) is 0 Å². The van der Waals surface area contributed by atoms with Crippen molar-refractivity contribution >= 4 is 28.9 Å². The first-order valence-corrected chi connectivity index (χ1v) is 5.97. The van der Waals surface area contributed by atoms with Crippen LogP contribution in [0.1, 0.15) is 15.9 Å². The predicted molar refractivity (Wildman–Crippen MR) is 75.0 cm³/mol. The molecule has 0 saturated heterocycles. The highest BCUT2D eigenvalue weighted by Crippen LogP contribution is 2.23. The standard InChI is InChI=1S/C14H12ClFN2O/c1-8-4-9(6-11(16)5-8)14(19)18-13-3-2-10(15)7-12(13)17/h2-7H,17H2,1H3,(H,18,19). The monoisotopic (exact) mass is 278 g/mol. The number of aryl methyl sites for hydroxylation is 1. The second-order valence-corrected chi connectivity index (χ2v) is 4.64. The summed E-state index contributed by atoms with van der Waals surface area (Å²) in [5, 5.41) is 3.10. The molecule has 0 saturated carbocycles. The van der Waals surface area contributed by atoms with Crippen LogP contribution in [0.15, 0.2) is 36.4 Å². The number of carbonyl (C=O) groups excluding carboxylic acids is 1. The van der Waals surface area contributed by atoms with Gasteiger partial charge in [-0.1, -0.05) is 11.6 Å². The van der Waals surface area contributed by atoms with Gasteiger partial charge in [0.15, 0.2) is 0 Å². The molecule has 0 fully saturated rings. The third kappa shape index (κ3) is 3.23. The van der Waals surface area contributed by atoms with Gasteiger partial charge in [-0.25, -0.2) is 4.39 Å². The van der Waals surface area contributed by atoms with Gasteiger partial charge < -0.3 is 11.1 Å². The quantitative estimate of drug-likeness (QED) is 0.824. The largest absolute Gasteiger partial charge is 0.397 e. The first kappa shape index (κ1) is 13.4. The minimum absolute atomic E-state index is 0.242. The van der Waals surface area contributed by atoms with Crippen molar-refractivity contribution in [3.63, 3.8) is 0 Å². The highest BCUT2D eigenvalue weighted by molar-refractivity contribution is 6.31. The van der Waals surface area contributed by atoms with Crippen LogP contribution < -0.4 is 11.1 Å². The second-order valence-electron chi connectivity index (χ2n) is 4.20. The molecule has 3 N–H and O–H groups in total. The van der Waals surface area contributed by atoms with Crippen LogP contribution in [0.5, 0.6) is 0 Å². The Morgan fingerprint density at radius 2 is 2.00 bits per heavy atom. The van der Waals surface area contributed by atoms with Crippen molar-refractivity contribution in [1.82, 2.24) is 0 Å². The number of anilines is 2. The summed E-state index contributed by atoms with van der Waals surface area (Å²) in [6, 6.07) is 8.88. The molecule has 5 heteroatoms. The van der Waals surface area contributed by atoms with Gasteiger partial charge in [-0.05, 0) is 48.9 Å². The molecular formula is C14H12ClFN2O. The molecule has 2 rings (SSSR count). The van der Waals surface area contributed by atoms with Gasteiger partial charge >= 0.3 is 0 Å². The van der Waals surface area contributed by atoms with Crippen molar-refractivity contribution in [1.29, 1.82) is 0 Å². The highest BCUT2D eigenvalue weighted by Gasteiger charge is 2.10. The molecule has 0 bridgehead atoms. The topological polar surface area (TPSA) is 55.1 Å². The maximum absolute atomic E-state index is 13.2. The van der Waals surface area contributed by atoms with E-state index in [2.05, 4.69) is 5.32 Å². The van der Waals surface area contributed by atoms with E-state index in [1.165, 1.54) is 18.2 Å². The number of hydrogen-bond donors (Lipinski definition) is 2. The van der Waals surface area contributed by atoms with E-state index in [0.29, 0.717) is 22.0 Å². The number of nitrogens with one attached hydrogen (secondary N) is 1. The van der Waals surface area contributed by atoms with Gasteiger partial charge in [0.25, 0.3) is 5.91 Å². The zero-order valence-electron chi connectivity index (χ0n) is 10.2. The van der Waals surface area contributed by atoms with Crippen molar-refractivity contribution in [2.45, 2.75) is 6.92 Å². The number of hydrogen-bond acceptors (Lipinski definition) is 2. The van der Waals surface area contributed by atoms with Crippen molar-refractivity contribution in [3.8, 4) is 0 Å². The van der Waals surface area contributed by atoms with Crippen LogP contribution in [0.2, 0.25) is 5.02 Å². The Labute approximate surface area is 115 Å². The Bertz CT molecular complexity index is 623. The van der Waals surface area contributed by atoms with E-state index in [1.54, 1.807) is 25.1 Å². The van der Waals surface area contributed by atoms with Crippen LogP contribution in [0.3, 0.4) is 0 Å². The lowest BCUT2D eigenvalue weighted by Gasteiger charge is -2.09. The van der Waals surface area contributed by atoms with Gasteiger partial charge in [-0.3, -0.25) is 4.79 Å². The Morgan fingerprint density at radius 1 is 1.26 bits per heavy atom. The summed E-state index contributed by atoms with van der Waals surface area (Å²) in [5.41, 5.74) is 7.45. The van der Waals surface area contributed by atoms with Crippen LogP contribution in [0.4, 0.5) is 15.8 Å². The third-order valence-corrected chi connectivity index (χ3v) is 2.80. The number of benzene rings is 2. The van der Waals surface area contributed by atoms with Crippen LogP contribution in [-0.2, 0) is 0 Å². The smallest absolute Gasteiger partial charge is 0.255 e. The Morgan fingerprint density at radius 3 is 2.63 bits per heavy atom. The molecule has 0 radical (unpaired) electrons. The average Bonchev–Trinajstić information content (AvgIpc) is 2.31. The molecule has 2 aromatic rings. The highest BCUT2D eigenvalue weighted by atomic mass is 35.5. The Balaban J connectivity index is 2.25. The van der Waals surface area contributed by atoms with Gasteiger partial charge in [0.2, 0.25) is 0 Å². The molecule has 0 aliphatic rings. The summed E-state index contributed by atoms with van der Waals surface area (Å²) in [6.45, 7) is 1.72. The van der Waals surface area contributed by atoms with Gasteiger partial charge in [-0.15, -0.1) is 0 Å². The van der Waals surface area contributed by atoms with E-state index in [1.807, 2.05) is 0 Å². The Kier molecular flexibility index (Phi) is 3.71. The van der Waals surface area contributed by atoms with Gasteiger partial charge in [0.1, 0.15) is 5.82 Å². The van der Waals surface area contributed by atoms with E-state index in [0.717, 1.165) is 0 Å². The molecule has 0 aliphatic carbocycles. The van der Waals surface area contributed by atoms with E-state index < -0.39 is 11.7 Å². The van der Waals surface area contributed by atoms with Crippen LogP contribution in [-0.4, -0.2) is 5.91 Å². The lowest BCUT2D eigenvalue weighted by Crippen LogP contribution is -2.13. The molecule has 98 valence electrons. The minimum Gasteiger partial charge on any atom is -0.397 e. The number of nitrogens with two attached hydrogens (primary N) is 1. The maximum Gasteiger partial charge on any atom is 0.255 e. The Hall–Kier alpha value is -2.07. The van der Waals surface area contributed by atoms with Crippen LogP contribution in [0.25, 0.3) is 0 Å². The molecule has 0 heterocycles. The van der Waals surface area contributed by atoms with Gasteiger partial charge in [0.05, 0.1) is 11.4 Å². The zero-order chi connectivity index (χ0) is 14.0. The normalized spacial score (nSPS) is 10.3. The summed E-state index contributed by atoms with van der Waals surface area (Å²) in [7, 11) is 0. The van der Waals surface area contributed by atoms with E-state index in [-0.39, 0.29) is 5.56 Å². The third-order valence-electron chi connectivity index (χ3n) is 2.57. The minimum atomic E-state index is -0.450. The molecule has 0 unspecified atom stereocenters. The second kappa shape index (κ2) is 5.28. The molecule has 19 heavy (non-hydrogen) atoms. The predicted octanol–water partition coefficient (Wildman–Crippen LogP) is 3.62. The molecule has 1 amide bonds. The number of nitrogen functional groups attached to an aromatic ring is 1. The lowest BCUT2D eigenvalue weighted by atomic mass is 10.1. The molecular weight excluding hydrogens is 267 g/mol. The molecule has 0 spiro atoms. The maximum atomic E-state index is 13.2. The zero-order valence-corrected chi connectivity index (χ0v) is 11.0. The summed E-state index contributed by atoms with van der Waals surface area (Å²) in [6.07, 6.45) is 0. The summed E-state index contributed by atoms with van der Waals surface area (Å²) in [5.74, 6) is -0.870. The van der Waals surface area contributed by atoms with Crippen LogP contribution in [0, 0.1) is 12.7 Å². The molecule has 2 aromatic carbocycles. The molecule has 0 aromatic heterocycles. The van der Waals surface area contributed by atoms with Crippen molar-refractivity contribution in [2.75, 3.05) is 11.1 Å².